The van der Waals surface area contributed by atoms with Crippen LogP contribution in [0.4, 0.5) is 0 Å². The predicted molar refractivity (Wildman–Crippen MR) is 99.4 cm³/mol. The zero-order chi connectivity index (χ0) is 19.4. The van der Waals surface area contributed by atoms with Gasteiger partial charge in [0.1, 0.15) is 11.8 Å². The summed E-state index contributed by atoms with van der Waals surface area (Å²) in [4.78, 5) is 29.0. The average Bonchev–Trinajstić information content (AvgIpc) is 3.11. The zero-order valence-electron chi connectivity index (χ0n) is 15.1. The van der Waals surface area contributed by atoms with Crippen LogP contribution < -0.4 is 5.32 Å². The van der Waals surface area contributed by atoms with E-state index in [0.717, 1.165) is 5.56 Å². The van der Waals surface area contributed by atoms with Gasteiger partial charge >= 0.3 is 0 Å². The van der Waals surface area contributed by atoms with Crippen LogP contribution in [0.15, 0.2) is 54.9 Å². The van der Waals surface area contributed by atoms with Crippen molar-refractivity contribution in [3.8, 4) is 0 Å². The minimum absolute atomic E-state index is 0.0829. The summed E-state index contributed by atoms with van der Waals surface area (Å²) in [5, 5.41) is 17.2. The number of carbonyl (C=O) groups excluding carboxylic acids is 2. The minimum Gasteiger partial charge on any atom is -0.382 e. The number of ketones is 1. The number of hydrogen-bond donors (Lipinski definition) is 2. The number of nitrogens with one attached hydrogen (secondary N) is 1. The summed E-state index contributed by atoms with van der Waals surface area (Å²) >= 11 is 0. The Morgan fingerprint density at radius 3 is 2.59 bits per heavy atom. The van der Waals surface area contributed by atoms with Gasteiger partial charge in [0.25, 0.3) is 5.91 Å². The molecule has 0 unspecified atom stereocenters. The van der Waals surface area contributed by atoms with Gasteiger partial charge in [0.2, 0.25) is 0 Å². The Labute approximate surface area is 156 Å². The van der Waals surface area contributed by atoms with Gasteiger partial charge in [-0.1, -0.05) is 30.3 Å². The smallest absolute Gasteiger partial charge is 0.269 e. The summed E-state index contributed by atoms with van der Waals surface area (Å²) in [7, 11) is 3.26. The molecule has 1 aromatic carbocycles. The highest BCUT2D eigenvalue weighted by Crippen LogP contribution is 2.22. The Morgan fingerprint density at radius 2 is 1.96 bits per heavy atom. The summed E-state index contributed by atoms with van der Waals surface area (Å²) in [5.41, 5.74) is 2.05. The molecule has 2 N–H and O–H groups in total. The molecule has 0 radical (unpaired) electrons. The Balaban J connectivity index is 1.97. The van der Waals surface area contributed by atoms with Crippen LogP contribution in [-0.4, -0.2) is 38.6 Å². The number of rotatable bonds is 6. The second-order valence-corrected chi connectivity index (χ2v) is 6.18. The Hall–Kier alpha value is -3.32. The number of Topliss-reactive ketones (excluding diaryl/α,β-unsaturated/α-hetero) is 1. The molecule has 2 heterocycles. The number of aliphatic hydroxyl groups is 1. The SMILES string of the molecule is CNC(=O)c1cc(C(=O)Cc2cnn(C)c2)cc([C@@H](O)c2ccccc2)n1. The highest BCUT2D eigenvalue weighted by Gasteiger charge is 2.19. The predicted octanol–water partition coefficient (Wildman–Crippen LogP) is 1.68. The van der Waals surface area contributed by atoms with Gasteiger partial charge < -0.3 is 10.4 Å². The number of amides is 1. The lowest BCUT2D eigenvalue weighted by Crippen LogP contribution is -2.21. The molecule has 0 aliphatic rings. The second kappa shape index (κ2) is 7.92. The van der Waals surface area contributed by atoms with E-state index in [1.807, 2.05) is 6.07 Å². The van der Waals surface area contributed by atoms with Crippen LogP contribution in [0, 0.1) is 0 Å². The van der Waals surface area contributed by atoms with Crippen LogP contribution in [0.3, 0.4) is 0 Å². The number of pyridine rings is 1. The third-order valence-electron chi connectivity index (χ3n) is 4.15. The number of nitrogens with zero attached hydrogens (tertiary/aromatic N) is 3. The van der Waals surface area contributed by atoms with Gasteiger partial charge in [-0.2, -0.15) is 5.10 Å². The van der Waals surface area contributed by atoms with Crippen molar-refractivity contribution in [2.24, 2.45) is 7.05 Å². The van der Waals surface area contributed by atoms with E-state index in [2.05, 4.69) is 15.4 Å². The molecule has 2 aromatic heterocycles. The van der Waals surface area contributed by atoms with Gasteiger partial charge in [0, 0.05) is 32.3 Å². The molecule has 0 bridgehead atoms. The lowest BCUT2D eigenvalue weighted by molar-refractivity contribution is 0.0957. The Bertz CT molecular complexity index is 966. The Morgan fingerprint density at radius 1 is 1.22 bits per heavy atom. The van der Waals surface area contributed by atoms with Gasteiger partial charge in [-0.05, 0) is 23.3 Å². The van der Waals surface area contributed by atoms with Crippen LogP contribution in [0.5, 0.6) is 0 Å². The van der Waals surface area contributed by atoms with Crippen LogP contribution in [0.25, 0.3) is 0 Å². The van der Waals surface area contributed by atoms with Crippen molar-refractivity contribution in [3.63, 3.8) is 0 Å². The quantitative estimate of drug-likeness (QED) is 0.649. The molecule has 1 atom stereocenters. The maximum absolute atomic E-state index is 12.7. The van der Waals surface area contributed by atoms with E-state index in [0.29, 0.717) is 11.1 Å². The number of benzene rings is 1. The molecular weight excluding hydrogens is 344 g/mol. The minimum atomic E-state index is -1.04. The Kier molecular flexibility index (Phi) is 5.42. The van der Waals surface area contributed by atoms with Crippen molar-refractivity contribution in [1.29, 1.82) is 0 Å². The summed E-state index contributed by atoms with van der Waals surface area (Å²) in [6.07, 6.45) is 2.49. The van der Waals surface area contributed by atoms with Crippen molar-refractivity contribution in [3.05, 3.63) is 82.9 Å². The molecule has 3 aromatic rings. The molecule has 0 fully saturated rings. The van der Waals surface area contributed by atoms with Gasteiger partial charge in [-0.3, -0.25) is 14.3 Å². The summed E-state index contributed by atoms with van der Waals surface area (Å²) < 4.78 is 1.62. The monoisotopic (exact) mass is 364 g/mol. The molecule has 0 aliphatic heterocycles. The van der Waals surface area contributed by atoms with Crippen molar-refractivity contribution < 1.29 is 14.7 Å². The molecule has 0 aliphatic carbocycles. The van der Waals surface area contributed by atoms with Crippen LogP contribution in [0.1, 0.15) is 43.8 Å². The topological polar surface area (TPSA) is 97.1 Å². The first-order valence-corrected chi connectivity index (χ1v) is 8.45. The molecule has 0 saturated heterocycles. The lowest BCUT2D eigenvalue weighted by atomic mass is 10.00. The molecular formula is C20H20N4O3. The molecule has 1 amide bonds. The molecule has 7 nitrogen and oxygen atoms in total. The normalized spacial score (nSPS) is 11.8. The van der Waals surface area contributed by atoms with Gasteiger partial charge in [0.05, 0.1) is 11.9 Å². The van der Waals surface area contributed by atoms with E-state index in [4.69, 9.17) is 0 Å². The third kappa shape index (κ3) is 4.27. The molecule has 0 spiro atoms. The summed E-state index contributed by atoms with van der Waals surface area (Å²) in [5.74, 6) is -0.607. The number of hydrogen-bond acceptors (Lipinski definition) is 5. The first-order valence-electron chi connectivity index (χ1n) is 8.45. The van der Waals surface area contributed by atoms with Gasteiger partial charge in [-0.25, -0.2) is 4.98 Å². The van der Waals surface area contributed by atoms with Crippen molar-refractivity contribution >= 4 is 11.7 Å². The summed E-state index contributed by atoms with van der Waals surface area (Å²) in [6, 6.07) is 11.9. The molecule has 0 saturated carbocycles. The van der Waals surface area contributed by atoms with Crippen LogP contribution in [0.2, 0.25) is 0 Å². The van der Waals surface area contributed by atoms with Gasteiger partial charge in [0.15, 0.2) is 5.78 Å². The number of aryl methyl sites for hydroxylation is 1. The fourth-order valence-electron chi connectivity index (χ4n) is 2.75. The van der Waals surface area contributed by atoms with E-state index < -0.39 is 12.0 Å². The van der Waals surface area contributed by atoms with E-state index in [-0.39, 0.29) is 23.6 Å². The zero-order valence-corrected chi connectivity index (χ0v) is 15.1. The first-order chi connectivity index (χ1) is 13.0. The first kappa shape index (κ1) is 18.5. The van der Waals surface area contributed by atoms with E-state index in [1.165, 1.54) is 19.2 Å². The second-order valence-electron chi connectivity index (χ2n) is 6.18. The van der Waals surface area contributed by atoms with E-state index >= 15 is 0 Å². The van der Waals surface area contributed by atoms with Crippen LogP contribution in [-0.2, 0) is 13.5 Å². The summed E-state index contributed by atoms with van der Waals surface area (Å²) in [6.45, 7) is 0. The van der Waals surface area contributed by atoms with Gasteiger partial charge in [-0.15, -0.1) is 0 Å². The molecule has 138 valence electrons. The van der Waals surface area contributed by atoms with Crippen molar-refractivity contribution in [1.82, 2.24) is 20.1 Å². The highest BCUT2D eigenvalue weighted by atomic mass is 16.3. The molecule has 3 rings (SSSR count). The lowest BCUT2D eigenvalue weighted by Gasteiger charge is -2.13. The number of aliphatic hydroxyl groups excluding tert-OH is 1. The van der Waals surface area contributed by atoms with Crippen molar-refractivity contribution in [2.45, 2.75) is 12.5 Å². The van der Waals surface area contributed by atoms with Crippen molar-refractivity contribution in [2.75, 3.05) is 7.05 Å². The number of aromatic nitrogens is 3. The fourth-order valence-corrected chi connectivity index (χ4v) is 2.75. The van der Waals surface area contributed by atoms with Crippen LogP contribution >= 0.6 is 0 Å². The fraction of sp³-hybridized carbons (Fsp3) is 0.200. The molecule has 7 heteroatoms. The van der Waals surface area contributed by atoms with E-state index in [9.17, 15) is 14.7 Å². The molecule has 27 heavy (non-hydrogen) atoms. The maximum Gasteiger partial charge on any atom is 0.269 e. The average molecular weight is 364 g/mol. The highest BCUT2D eigenvalue weighted by molar-refractivity contribution is 6.00. The standard InChI is InChI=1S/C20H20N4O3/c1-21-20(27)17-10-15(18(25)8-13-11-22-24(2)12-13)9-16(23-17)19(26)14-6-4-3-5-7-14/h3-7,9-12,19,26H,8H2,1-2H3,(H,21,27)/t19-/m0/s1. The third-order valence-corrected chi connectivity index (χ3v) is 4.15. The largest absolute Gasteiger partial charge is 0.382 e. The number of carbonyl (C=O) groups is 2. The maximum atomic E-state index is 12.7. The van der Waals surface area contributed by atoms with E-state index in [1.54, 1.807) is 48.4 Å².